The molecule has 0 aromatic heterocycles. The summed E-state index contributed by atoms with van der Waals surface area (Å²) in [4.78, 5) is 0. The standard InChI is InChI=1S/2C9H10O.2C5H5.Ti/c2*1-2-9(10)8-6-4-3-5-7-8;2*1-2-4-5-3-1;/h2*2-7,10H,1H3;2*1-5H;/q;;;;+2/b2*9-2-;;;. The smallest absolute Gasteiger partial charge is 0.508 e. The maximum atomic E-state index is 9.19. The summed E-state index contributed by atoms with van der Waals surface area (Å²) in [6, 6.07) is 18.9. The fraction of sp³-hybridized carbons (Fsp3) is 0.0714. The molecule has 156 valence electrons. The zero-order valence-corrected chi connectivity index (χ0v) is 19.7. The number of rotatable bonds is 2. The van der Waals surface area contributed by atoms with E-state index in [0.29, 0.717) is 11.5 Å². The molecule has 2 N–H and O–H groups in total. The van der Waals surface area contributed by atoms with Crippen molar-refractivity contribution in [1.29, 1.82) is 0 Å². The molecule has 2 aromatic carbocycles. The molecule has 2 fully saturated rings. The van der Waals surface area contributed by atoms with Gasteiger partial charge in [-0.1, -0.05) is 60.7 Å². The minimum atomic E-state index is 0. The molecule has 0 bridgehead atoms. The van der Waals surface area contributed by atoms with Gasteiger partial charge in [0.15, 0.2) is 0 Å². The molecule has 10 radical (unpaired) electrons. The van der Waals surface area contributed by atoms with Gasteiger partial charge >= 0.3 is 21.7 Å². The predicted octanol–water partition coefficient (Wildman–Crippen LogP) is 7.25. The second-order valence-corrected chi connectivity index (χ2v) is 6.00. The van der Waals surface area contributed by atoms with Gasteiger partial charge in [0.25, 0.3) is 0 Å². The van der Waals surface area contributed by atoms with Crippen LogP contribution in [0.15, 0.2) is 72.8 Å². The van der Waals surface area contributed by atoms with Crippen LogP contribution in [0.5, 0.6) is 0 Å². The molecule has 2 saturated carbocycles. The average Bonchev–Trinajstić information content (AvgIpc) is 3.59. The Morgan fingerprint density at radius 3 is 0.903 bits per heavy atom. The van der Waals surface area contributed by atoms with Gasteiger partial charge in [-0.25, -0.2) is 0 Å². The first-order valence-corrected chi connectivity index (χ1v) is 9.83. The molecule has 0 heterocycles. The molecule has 0 spiro atoms. The van der Waals surface area contributed by atoms with E-state index in [1.54, 1.807) is 12.2 Å². The second kappa shape index (κ2) is 20.2. The van der Waals surface area contributed by atoms with E-state index in [9.17, 15) is 10.2 Å². The number of allylic oxidation sites excluding steroid dienone is 2. The Bertz CT molecular complexity index is 622. The molecule has 2 aliphatic carbocycles. The van der Waals surface area contributed by atoms with E-state index in [-0.39, 0.29) is 21.7 Å². The van der Waals surface area contributed by atoms with Crippen LogP contribution in [-0.2, 0) is 21.7 Å². The van der Waals surface area contributed by atoms with Crippen LogP contribution in [0.3, 0.4) is 0 Å². The van der Waals surface area contributed by atoms with Crippen molar-refractivity contribution in [2.24, 2.45) is 0 Å². The average molecular weight is 446 g/mol. The summed E-state index contributed by atoms with van der Waals surface area (Å²) < 4.78 is 0. The maximum Gasteiger partial charge on any atom is 2.00 e. The first-order valence-electron chi connectivity index (χ1n) is 9.83. The van der Waals surface area contributed by atoms with Crippen LogP contribution in [0, 0.1) is 64.2 Å². The van der Waals surface area contributed by atoms with Gasteiger partial charge in [0.05, 0.1) is 0 Å². The van der Waals surface area contributed by atoms with Crippen LogP contribution in [-0.4, -0.2) is 10.2 Å². The van der Waals surface area contributed by atoms with Crippen molar-refractivity contribution in [3.63, 3.8) is 0 Å². The van der Waals surface area contributed by atoms with Gasteiger partial charge in [0, 0.05) is 11.1 Å². The molecule has 2 aliphatic rings. The fourth-order valence-electron chi connectivity index (χ4n) is 2.19. The number of hydrogen-bond acceptors (Lipinski definition) is 2. The molecule has 31 heavy (non-hydrogen) atoms. The summed E-state index contributed by atoms with van der Waals surface area (Å²) >= 11 is 0. The molecular weight excluding hydrogens is 416 g/mol. The van der Waals surface area contributed by atoms with Gasteiger partial charge in [0.2, 0.25) is 0 Å². The molecule has 3 heteroatoms. The summed E-state index contributed by atoms with van der Waals surface area (Å²) in [6.07, 6.45) is 23.4. The van der Waals surface area contributed by atoms with Crippen molar-refractivity contribution in [2.75, 3.05) is 0 Å². The SMILES string of the molecule is C/C=C(\O)c1ccccc1.C/C=C(\O)c1ccccc1.[CH]1[CH][CH][CH][CH]1.[CH]1[CH][CH][CH][CH]1.[Ti+2]. The van der Waals surface area contributed by atoms with Crippen LogP contribution in [0.25, 0.3) is 11.5 Å². The maximum absolute atomic E-state index is 9.19. The van der Waals surface area contributed by atoms with Gasteiger partial charge in [-0.05, 0) is 90.2 Å². The third-order valence-electron chi connectivity index (χ3n) is 3.80. The number of aliphatic hydroxyl groups excluding tert-OH is 2. The van der Waals surface area contributed by atoms with Crippen molar-refractivity contribution in [3.8, 4) is 0 Å². The summed E-state index contributed by atoms with van der Waals surface area (Å²) in [6.45, 7) is 3.62. The van der Waals surface area contributed by atoms with Gasteiger partial charge in [-0.2, -0.15) is 0 Å². The van der Waals surface area contributed by atoms with E-state index in [0.717, 1.165) is 11.1 Å². The third kappa shape index (κ3) is 14.8. The summed E-state index contributed by atoms with van der Waals surface area (Å²) in [5, 5.41) is 18.4. The molecule has 2 aromatic rings. The Hall–Kier alpha value is -1.77. The largest absolute Gasteiger partial charge is 2.00 e. The van der Waals surface area contributed by atoms with Gasteiger partial charge in [0.1, 0.15) is 11.5 Å². The topological polar surface area (TPSA) is 40.5 Å². The molecule has 0 amide bonds. The zero-order valence-electron chi connectivity index (χ0n) is 18.1. The van der Waals surface area contributed by atoms with Crippen molar-refractivity contribution >= 4 is 11.5 Å². The monoisotopic (exact) mass is 446 g/mol. The van der Waals surface area contributed by atoms with E-state index in [1.807, 2.05) is 139 Å². The van der Waals surface area contributed by atoms with Crippen LogP contribution in [0.1, 0.15) is 25.0 Å². The minimum absolute atomic E-state index is 0. The first kappa shape index (κ1) is 29.2. The zero-order chi connectivity index (χ0) is 21.9. The molecule has 0 aliphatic heterocycles. The van der Waals surface area contributed by atoms with Crippen molar-refractivity contribution in [3.05, 3.63) is 148 Å². The number of hydrogen-bond donors (Lipinski definition) is 2. The van der Waals surface area contributed by atoms with Crippen molar-refractivity contribution in [2.45, 2.75) is 13.8 Å². The second-order valence-electron chi connectivity index (χ2n) is 6.00. The molecular formula is C28H30O2Ti+2. The summed E-state index contributed by atoms with van der Waals surface area (Å²) in [5.74, 6) is 0.668. The van der Waals surface area contributed by atoms with E-state index in [2.05, 4.69) is 0 Å². The predicted molar refractivity (Wildman–Crippen MR) is 128 cm³/mol. The van der Waals surface area contributed by atoms with Crippen molar-refractivity contribution < 1.29 is 31.9 Å². The Morgan fingerprint density at radius 2 is 0.710 bits per heavy atom. The van der Waals surface area contributed by atoms with Gasteiger partial charge in [-0.3, -0.25) is 0 Å². The molecule has 4 rings (SSSR count). The van der Waals surface area contributed by atoms with Gasteiger partial charge < -0.3 is 10.2 Å². The molecule has 2 nitrogen and oxygen atoms in total. The minimum Gasteiger partial charge on any atom is -0.508 e. The van der Waals surface area contributed by atoms with E-state index >= 15 is 0 Å². The Balaban J connectivity index is 0.000000401. The summed E-state index contributed by atoms with van der Waals surface area (Å²) in [7, 11) is 0. The molecule has 0 saturated heterocycles. The Morgan fingerprint density at radius 1 is 0.484 bits per heavy atom. The molecule has 0 atom stereocenters. The fourth-order valence-corrected chi connectivity index (χ4v) is 2.19. The number of aliphatic hydroxyl groups is 2. The first-order chi connectivity index (χ1) is 14.7. The van der Waals surface area contributed by atoms with Crippen LogP contribution < -0.4 is 0 Å². The van der Waals surface area contributed by atoms with E-state index in [4.69, 9.17) is 0 Å². The quantitative estimate of drug-likeness (QED) is 0.377. The van der Waals surface area contributed by atoms with Gasteiger partial charge in [-0.15, -0.1) is 0 Å². The van der Waals surface area contributed by atoms with E-state index in [1.165, 1.54) is 0 Å². The van der Waals surface area contributed by atoms with Crippen LogP contribution >= 0.6 is 0 Å². The van der Waals surface area contributed by atoms with Crippen LogP contribution in [0.4, 0.5) is 0 Å². The number of benzene rings is 2. The molecule has 0 unspecified atom stereocenters. The summed E-state index contributed by atoms with van der Waals surface area (Å²) in [5.41, 5.74) is 1.73. The van der Waals surface area contributed by atoms with E-state index < -0.39 is 0 Å². The Kier molecular flexibility index (Phi) is 19.0. The normalized spacial score (nSPS) is 15.2. The Labute approximate surface area is 205 Å². The van der Waals surface area contributed by atoms with Crippen molar-refractivity contribution in [1.82, 2.24) is 0 Å². The third-order valence-corrected chi connectivity index (χ3v) is 3.80. The van der Waals surface area contributed by atoms with Crippen LogP contribution in [0.2, 0.25) is 0 Å².